The summed E-state index contributed by atoms with van der Waals surface area (Å²) >= 11 is 0. The second kappa shape index (κ2) is 14.6. The molecule has 0 atom stereocenters. The Hall–Kier alpha value is -2.56. The molecule has 1 aromatic heterocycles. The molecular weight excluding hydrogens is 410 g/mol. The molecule has 2 amide bonds. The van der Waals surface area contributed by atoms with E-state index in [1.54, 1.807) is 4.90 Å². The van der Waals surface area contributed by atoms with Crippen LogP contribution in [0.3, 0.4) is 0 Å². The van der Waals surface area contributed by atoms with Crippen LogP contribution in [0.4, 0.5) is 0 Å². The highest BCUT2D eigenvalue weighted by Crippen LogP contribution is 2.14. The van der Waals surface area contributed by atoms with E-state index in [1.807, 2.05) is 4.90 Å². The van der Waals surface area contributed by atoms with E-state index in [0.717, 1.165) is 57.3 Å². The Labute approximate surface area is 200 Å². The maximum Gasteiger partial charge on any atom is 0.242 e. The zero-order valence-corrected chi connectivity index (χ0v) is 21.2. The lowest BCUT2D eigenvalue weighted by molar-refractivity contribution is -0.141. The summed E-state index contributed by atoms with van der Waals surface area (Å²) in [5.74, 6) is 0.157. The Kier molecular flexibility index (Phi) is 11.8. The van der Waals surface area contributed by atoms with E-state index in [-0.39, 0.29) is 18.4 Å². The van der Waals surface area contributed by atoms with Gasteiger partial charge >= 0.3 is 0 Å². The Morgan fingerprint density at radius 2 is 1.55 bits per heavy atom. The molecule has 0 saturated carbocycles. The van der Waals surface area contributed by atoms with Crippen LogP contribution in [0.25, 0.3) is 0 Å². The number of benzene rings is 1. The summed E-state index contributed by atoms with van der Waals surface area (Å²) in [6, 6.07) is 12.7. The van der Waals surface area contributed by atoms with Crippen LogP contribution >= 0.6 is 0 Å². The standard InChI is InChI=1S/C28H43N3O2/c1-5-8-16-27(32)31(18-10-7-3)23-28(33)30(17-9-6-2)22-26-15-12-19-29(26)21-25-14-11-13-24(4)20-25/h11-15,19-20H,5-10,16-18,21-23H2,1-4H3. The molecule has 0 unspecified atom stereocenters. The normalized spacial score (nSPS) is 10.9. The summed E-state index contributed by atoms with van der Waals surface area (Å²) in [7, 11) is 0. The molecule has 0 spiro atoms. The van der Waals surface area contributed by atoms with Crippen molar-refractivity contribution in [2.24, 2.45) is 0 Å². The average Bonchev–Trinajstić information content (AvgIpc) is 3.23. The number of nitrogens with zero attached hydrogens (tertiary/aromatic N) is 3. The summed E-state index contributed by atoms with van der Waals surface area (Å²) in [4.78, 5) is 29.8. The predicted molar refractivity (Wildman–Crippen MR) is 136 cm³/mol. The Balaban J connectivity index is 2.12. The van der Waals surface area contributed by atoms with Gasteiger partial charge in [-0.3, -0.25) is 9.59 Å². The number of carbonyl (C=O) groups excluding carboxylic acids is 2. The van der Waals surface area contributed by atoms with Gasteiger partial charge in [-0.1, -0.05) is 69.9 Å². The van der Waals surface area contributed by atoms with Crippen molar-refractivity contribution in [3.8, 4) is 0 Å². The van der Waals surface area contributed by atoms with Crippen molar-refractivity contribution in [2.45, 2.75) is 85.7 Å². The zero-order chi connectivity index (χ0) is 24.1. The predicted octanol–water partition coefficient (Wildman–Crippen LogP) is 5.79. The first kappa shape index (κ1) is 26.7. The van der Waals surface area contributed by atoms with E-state index in [9.17, 15) is 9.59 Å². The van der Waals surface area contributed by atoms with Gasteiger partial charge in [-0.25, -0.2) is 0 Å². The van der Waals surface area contributed by atoms with Gasteiger partial charge in [-0.05, 0) is 43.9 Å². The molecule has 0 N–H and O–H groups in total. The van der Waals surface area contributed by atoms with E-state index in [1.165, 1.54) is 11.1 Å². The van der Waals surface area contributed by atoms with Crippen LogP contribution in [0, 0.1) is 6.92 Å². The van der Waals surface area contributed by atoms with Gasteiger partial charge in [0.2, 0.25) is 11.8 Å². The van der Waals surface area contributed by atoms with Gasteiger partial charge in [-0.2, -0.15) is 0 Å². The molecule has 5 heteroatoms. The van der Waals surface area contributed by atoms with E-state index >= 15 is 0 Å². The van der Waals surface area contributed by atoms with Crippen LogP contribution in [0.5, 0.6) is 0 Å². The number of amides is 2. The number of aromatic nitrogens is 1. The molecule has 1 aromatic carbocycles. The second-order valence-electron chi connectivity index (χ2n) is 9.06. The molecule has 0 radical (unpaired) electrons. The maximum atomic E-state index is 13.4. The van der Waals surface area contributed by atoms with Gasteiger partial charge in [0.1, 0.15) is 0 Å². The number of carbonyl (C=O) groups is 2. The molecule has 0 saturated heterocycles. The summed E-state index contributed by atoms with van der Waals surface area (Å²) in [5.41, 5.74) is 3.63. The van der Waals surface area contributed by atoms with Crippen molar-refractivity contribution in [2.75, 3.05) is 19.6 Å². The molecule has 0 fully saturated rings. The van der Waals surface area contributed by atoms with E-state index < -0.39 is 0 Å². The molecular formula is C28H43N3O2. The Bertz CT molecular complexity index is 858. The van der Waals surface area contributed by atoms with Crippen LogP contribution in [0.15, 0.2) is 42.6 Å². The van der Waals surface area contributed by atoms with Gasteiger partial charge in [0.05, 0.1) is 13.1 Å². The van der Waals surface area contributed by atoms with E-state index in [4.69, 9.17) is 0 Å². The van der Waals surface area contributed by atoms with Crippen molar-refractivity contribution in [3.63, 3.8) is 0 Å². The summed E-state index contributed by atoms with van der Waals surface area (Å²) in [6.45, 7) is 11.4. The van der Waals surface area contributed by atoms with E-state index in [2.05, 4.69) is 74.9 Å². The fourth-order valence-corrected chi connectivity index (χ4v) is 3.98. The molecule has 2 rings (SSSR count). The minimum atomic E-state index is 0.0488. The van der Waals surface area contributed by atoms with Crippen molar-refractivity contribution in [1.82, 2.24) is 14.4 Å². The fraction of sp³-hybridized carbons (Fsp3) is 0.571. The lowest BCUT2D eigenvalue weighted by atomic mass is 10.1. The SMILES string of the molecule is CCCCC(=O)N(CCCC)CC(=O)N(CCCC)Cc1cccn1Cc1cccc(C)c1. The van der Waals surface area contributed by atoms with Gasteiger partial charge in [0.25, 0.3) is 0 Å². The first-order chi connectivity index (χ1) is 16.0. The largest absolute Gasteiger partial charge is 0.345 e. The summed E-state index contributed by atoms with van der Waals surface area (Å²) in [6.07, 6.45) is 8.41. The lowest BCUT2D eigenvalue weighted by Crippen LogP contribution is -2.43. The highest BCUT2D eigenvalue weighted by molar-refractivity contribution is 5.84. The molecule has 1 heterocycles. The zero-order valence-electron chi connectivity index (χ0n) is 21.2. The van der Waals surface area contributed by atoms with Crippen molar-refractivity contribution < 1.29 is 9.59 Å². The Morgan fingerprint density at radius 1 is 0.848 bits per heavy atom. The first-order valence-electron chi connectivity index (χ1n) is 12.7. The number of hydrogen-bond donors (Lipinski definition) is 0. The molecule has 182 valence electrons. The van der Waals surface area contributed by atoms with Crippen LogP contribution in [-0.4, -0.2) is 45.8 Å². The highest BCUT2D eigenvalue weighted by Gasteiger charge is 2.21. The fourth-order valence-electron chi connectivity index (χ4n) is 3.98. The summed E-state index contributed by atoms with van der Waals surface area (Å²) < 4.78 is 2.22. The van der Waals surface area contributed by atoms with Crippen molar-refractivity contribution >= 4 is 11.8 Å². The topological polar surface area (TPSA) is 45.6 Å². The van der Waals surface area contributed by atoms with Gasteiger partial charge < -0.3 is 14.4 Å². The van der Waals surface area contributed by atoms with Crippen LogP contribution in [-0.2, 0) is 22.7 Å². The number of unbranched alkanes of at least 4 members (excludes halogenated alkanes) is 3. The Morgan fingerprint density at radius 3 is 2.21 bits per heavy atom. The maximum absolute atomic E-state index is 13.4. The van der Waals surface area contributed by atoms with E-state index in [0.29, 0.717) is 19.5 Å². The average molecular weight is 454 g/mol. The summed E-state index contributed by atoms with van der Waals surface area (Å²) in [5, 5.41) is 0. The van der Waals surface area contributed by atoms with Gasteiger partial charge in [0, 0.05) is 37.9 Å². The number of rotatable bonds is 15. The molecule has 5 nitrogen and oxygen atoms in total. The van der Waals surface area contributed by atoms with Crippen LogP contribution in [0.1, 0.15) is 82.5 Å². The quantitative estimate of drug-likeness (QED) is 0.342. The van der Waals surface area contributed by atoms with Crippen molar-refractivity contribution in [3.05, 3.63) is 59.4 Å². The van der Waals surface area contributed by atoms with Gasteiger partial charge in [-0.15, -0.1) is 0 Å². The second-order valence-corrected chi connectivity index (χ2v) is 9.06. The lowest BCUT2D eigenvalue weighted by Gasteiger charge is -2.28. The minimum Gasteiger partial charge on any atom is -0.345 e. The number of hydrogen-bond acceptors (Lipinski definition) is 2. The smallest absolute Gasteiger partial charge is 0.242 e. The first-order valence-corrected chi connectivity index (χ1v) is 12.7. The van der Waals surface area contributed by atoms with Crippen LogP contribution < -0.4 is 0 Å². The van der Waals surface area contributed by atoms with Gasteiger partial charge in [0.15, 0.2) is 0 Å². The molecule has 0 aliphatic rings. The third-order valence-corrected chi connectivity index (χ3v) is 6.05. The van der Waals surface area contributed by atoms with Crippen molar-refractivity contribution in [1.29, 1.82) is 0 Å². The molecule has 2 aromatic rings. The molecule has 0 bridgehead atoms. The third kappa shape index (κ3) is 9.07. The minimum absolute atomic E-state index is 0.0488. The third-order valence-electron chi connectivity index (χ3n) is 6.05. The molecule has 0 aliphatic heterocycles. The highest BCUT2D eigenvalue weighted by atomic mass is 16.2. The number of aryl methyl sites for hydroxylation is 1. The van der Waals surface area contributed by atoms with Crippen LogP contribution in [0.2, 0.25) is 0 Å². The monoisotopic (exact) mass is 453 g/mol. The molecule has 0 aliphatic carbocycles. The molecule has 33 heavy (non-hydrogen) atoms.